The van der Waals surface area contributed by atoms with Gasteiger partial charge in [0.2, 0.25) is 5.91 Å². The summed E-state index contributed by atoms with van der Waals surface area (Å²) in [6.07, 6.45) is 16.8. The Hall–Kier alpha value is -14.4. The van der Waals surface area contributed by atoms with Crippen LogP contribution in [0.3, 0.4) is 0 Å². The van der Waals surface area contributed by atoms with Gasteiger partial charge in [0, 0.05) is 107 Å². The van der Waals surface area contributed by atoms with Crippen molar-refractivity contribution < 1.29 is 82.7 Å². The fraction of sp³-hybridized carbons (Fsp3) is 0.358. The molecular formula is C109H130N12O17. The van der Waals surface area contributed by atoms with Crippen molar-refractivity contribution in [1.82, 2.24) is 24.5 Å². The molecule has 6 aliphatic rings. The van der Waals surface area contributed by atoms with E-state index in [0.717, 1.165) is 128 Å². The number of nitrogens with one attached hydrogen (secondary N) is 1. The van der Waals surface area contributed by atoms with Crippen LogP contribution in [0.2, 0.25) is 0 Å². The van der Waals surface area contributed by atoms with E-state index < -0.39 is 35.8 Å². The van der Waals surface area contributed by atoms with E-state index in [2.05, 4.69) is 22.0 Å². The number of nitrogens with two attached hydrogens (primary N) is 6. The van der Waals surface area contributed by atoms with Gasteiger partial charge in [0.05, 0.1) is 50.8 Å². The van der Waals surface area contributed by atoms with E-state index in [1.807, 2.05) is 133 Å². The third-order valence-corrected chi connectivity index (χ3v) is 25.7. The number of rotatable bonds is 27. The summed E-state index contributed by atoms with van der Waals surface area (Å²) in [6.45, 7) is 22.2. The first-order valence-corrected chi connectivity index (χ1v) is 47.5. The molecule has 2 fully saturated rings. The predicted octanol–water partition coefficient (Wildman–Crippen LogP) is 18.9. The third-order valence-electron chi connectivity index (χ3n) is 25.7. The molecule has 17 rings (SSSR count). The molecule has 29 heteroatoms. The number of anilines is 6. The van der Waals surface area contributed by atoms with E-state index in [0.29, 0.717) is 168 Å². The van der Waals surface area contributed by atoms with Gasteiger partial charge in [0.25, 0.3) is 35.4 Å². The summed E-state index contributed by atoms with van der Waals surface area (Å²) in [4.78, 5) is 153. The zero-order valence-electron chi connectivity index (χ0n) is 80.1. The number of amides is 7. The molecule has 0 atom stereocenters. The average Bonchev–Trinajstić information content (AvgIpc) is 0.746. The van der Waals surface area contributed by atoms with Crippen LogP contribution in [0.1, 0.15) is 270 Å². The van der Waals surface area contributed by atoms with Crippen LogP contribution in [0.4, 0.5) is 34.1 Å². The van der Waals surface area contributed by atoms with Crippen molar-refractivity contribution >= 4 is 148 Å². The predicted molar refractivity (Wildman–Crippen MR) is 543 cm³/mol. The number of phenols is 1. The van der Waals surface area contributed by atoms with Crippen LogP contribution >= 0.6 is 0 Å². The molecule has 7 amide bonds. The Balaban J connectivity index is 0.000000172. The van der Waals surface area contributed by atoms with Gasteiger partial charge in [-0.2, -0.15) is 0 Å². The molecule has 11 aromatic carbocycles. The number of nitrogens with zero attached hydrogens (tertiary/aromatic N) is 5. The minimum Gasteiger partial charge on any atom is -0.508 e. The number of benzene rings is 11. The highest BCUT2D eigenvalue weighted by Gasteiger charge is 2.38. The van der Waals surface area contributed by atoms with Crippen LogP contribution in [0.5, 0.6) is 5.75 Å². The first kappa shape index (κ1) is 106. The number of para-hydroxylation sites is 6. The normalized spacial score (nSPS) is 14.0. The molecule has 11 aromatic rings. The number of ether oxygens (including phenoxy) is 1. The molecule has 2 saturated heterocycles. The highest BCUT2D eigenvalue weighted by molar-refractivity contribution is 6.29. The van der Waals surface area contributed by atoms with Crippen molar-refractivity contribution in [2.45, 2.75) is 196 Å². The van der Waals surface area contributed by atoms with Gasteiger partial charge < -0.3 is 69.8 Å². The number of carboxylic acid groups (broad SMARTS) is 3. The number of hydrogen-bond acceptors (Lipinski definition) is 22. The summed E-state index contributed by atoms with van der Waals surface area (Å²) >= 11 is 0. The minimum absolute atomic E-state index is 0.0811. The molecular weight excluding hydrogens is 1750 g/mol. The van der Waals surface area contributed by atoms with Gasteiger partial charge >= 0.3 is 29.8 Å². The number of carboxylic acids is 3. The molecule has 0 aliphatic carbocycles. The molecule has 0 bridgehead atoms. The number of esters is 2. The Bertz CT molecular complexity index is 6230. The maximum absolute atomic E-state index is 13.1. The maximum atomic E-state index is 13.1. The summed E-state index contributed by atoms with van der Waals surface area (Å²) in [7, 11) is 0. The molecule has 0 aromatic heterocycles. The summed E-state index contributed by atoms with van der Waals surface area (Å²) < 4.78 is 4.72. The number of aromatic hydroxyl groups is 1. The van der Waals surface area contributed by atoms with E-state index in [1.165, 1.54) is 66.1 Å². The van der Waals surface area contributed by atoms with E-state index in [4.69, 9.17) is 54.5 Å². The highest BCUT2D eigenvalue weighted by atomic mass is 16.6. The lowest BCUT2D eigenvalue weighted by atomic mass is 9.89. The monoisotopic (exact) mass is 1880 g/mol. The summed E-state index contributed by atoms with van der Waals surface area (Å²) in [6, 6.07) is 50.8. The van der Waals surface area contributed by atoms with Gasteiger partial charge in [0.15, 0.2) is 0 Å². The van der Waals surface area contributed by atoms with Crippen LogP contribution in [0, 0.1) is 41.5 Å². The smallest absolute Gasteiger partial charge is 0.346 e. The quantitative estimate of drug-likeness (QED) is 0.00749. The number of cyclic esters (lactones) is 2. The molecule has 6 aliphatic heterocycles. The first-order chi connectivity index (χ1) is 66.2. The molecule has 0 spiro atoms. The lowest BCUT2D eigenvalue weighted by Gasteiger charge is -2.30. The molecule has 0 radical (unpaired) electrons. The van der Waals surface area contributed by atoms with E-state index in [9.17, 15) is 62.6 Å². The Morgan fingerprint density at radius 2 is 0.667 bits per heavy atom. The number of aryl methyl sites for hydroxylation is 6. The lowest BCUT2D eigenvalue weighted by molar-refractivity contribution is -0.138. The fourth-order valence-electron chi connectivity index (χ4n) is 17.5. The number of carbonyl (C=O) groups excluding carboxylic acids is 9. The van der Waals surface area contributed by atoms with Crippen LogP contribution in [0.25, 0.3) is 43.1 Å². The SMILES string of the molecule is CCN1CCCCC1.Cc1cc2c3c(cccc3c1C)C(=O)N(CCCCCC(=O)Nc1ccccc1N)C2=O.Cc1cc2c3c(cccc3c1C)C(=O)N(CCCCCC(=O)O)C2=O.Cc1cc2c3c(cccc3c1C)C(=O)OC2=O.NCCCCCC(=O)O.Nc1ccccc1N.Nc1ccccc1N.O=C(O)CCCCCN1C(=O)c2cccc3c(CN4CCCCC4)c(O)cc(c23)C1=O. The number of nitrogen functional groups attached to an aromatic ring is 5. The number of unbranched alkanes of at least 4 members (excludes halogenated alkanes) is 8. The first-order valence-electron chi connectivity index (χ1n) is 47.5. The van der Waals surface area contributed by atoms with Crippen molar-refractivity contribution in [3.63, 3.8) is 0 Å². The van der Waals surface area contributed by atoms with Crippen LogP contribution in [0.15, 0.2) is 170 Å². The second-order valence-electron chi connectivity index (χ2n) is 35.3. The van der Waals surface area contributed by atoms with Crippen molar-refractivity contribution in [3.05, 3.63) is 253 Å². The summed E-state index contributed by atoms with van der Waals surface area (Å²) in [5.74, 6) is -5.22. The highest BCUT2D eigenvalue weighted by Crippen LogP contribution is 2.41. The fourth-order valence-corrected chi connectivity index (χ4v) is 17.5. The maximum Gasteiger partial charge on any atom is 0.346 e. The summed E-state index contributed by atoms with van der Waals surface area (Å²) in [5, 5.41) is 45.7. The third kappa shape index (κ3) is 27.3. The number of hydrogen-bond donors (Lipinski definition) is 11. The van der Waals surface area contributed by atoms with Gasteiger partial charge in [-0.1, -0.05) is 130 Å². The number of carbonyl (C=O) groups is 12. The van der Waals surface area contributed by atoms with Crippen LogP contribution in [-0.4, -0.2) is 175 Å². The lowest BCUT2D eigenvalue weighted by Crippen LogP contribution is -2.41. The van der Waals surface area contributed by atoms with E-state index >= 15 is 0 Å². The topological polar surface area (TPSA) is 479 Å². The van der Waals surface area contributed by atoms with E-state index in [-0.39, 0.29) is 67.0 Å². The van der Waals surface area contributed by atoms with Crippen molar-refractivity contribution in [2.75, 3.05) is 92.9 Å². The van der Waals surface area contributed by atoms with Crippen LogP contribution in [-0.2, 0) is 30.5 Å². The molecule has 29 nitrogen and oxygen atoms in total. The van der Waals surface area contributed by atoms with Gasteiger partial charge in [-0.3, -0.25) is 67.5 Å². The summed E-state index contributed by atoms with van der Waals surface area (Å²) in [5.41, 5.74) is 47.6. The minimum atomic E-state index is -0.846. The van der Waals surface area contributed by atoms with Gasteiger partial charge in [-0.25, -0.2) is 9.59 Å². The van der Waals surface area contributed by atoms with Crippen molar-refractivity contribution in [2.24, 2.45) is 5.73 Å². The second kappa shape index (κ2) is 51.0. The van der Waals surface area contributed by atoms with Gasteiger partial charge in [-0.15, -0.1) is 0 Å². The Labute approximate surface area is 805 Å². The molecule has 0 unspecified atom stereocenters. The number of aliphatic carboxylic acids is 3. The second-order valence-corrected chi connectivity index (χ2v) is 35.3. The molecule has 728 valence electrons. The standard InChI is InChI=1S/C26H27N3O3.C24H28N2O5.C20H21NO4.C14H10O3.C7H15N.2C6H8N2.C6H13NO2/c1-16-15-20-24-18(17(16)2)9-8-10-19(24)25(31)29(26(20)32)14-7-3-4-13-23(30)28-22-12-6-5-11-21(22)27;27-20-14-18-22-16(19(20)15-25-11-4-2-5-12-25)8-7-9-17(22)23(30)26(24(18)31)13-6-1-3-10-21(28)29;1-12-11-16-18-14(13(12)2)7-6-8-15(18)19(24)21(20(16)25)10-5-3-4-9-17(22)23;1-7-6-11-12-9(8(7)2)4-3-5-10(12)13(15)17-14(11)16;1-2-8-6-4-3-5-7-8;2*7-5-3-1-2-4-6(5)8;7-5-3-1-2-4-6(8)9/h5-6,8-12,15H,3-4,7,13-14,27H2,1-2H3,(H,28,30);7-9,14,27H,1-6,10-13,15H2,(H,28,29);6-8,11H,3-5,9-10H2,1-2H3,(H,22,23);3-6H,1-2H3;2-7H2,1H3;2*1-4H,7-8H2;1-5,7H2,(H,8,9). The number of piperidine rings is 2. The zero-order chi connectivity index (χ0) is 100.0. The Morgan fingerprint density at radius 3 is 1.04 bits per heavy atom. The number of imide groups is 3. The Morgan fingerprint density at radius 1 is 0.348 bits per heavy atom. The van der Waals surface area contributed by atoms with E-state index in [1.54, 1.807) is 72.8 Å². The zero-order valence-corrected chi connectivity index (χ0v) is 80.1. The molecule has 6 heterocycles. The van der Waals surface area contributed by atoms with Crippen LogP contribution < -0.4 is 39.7 Å². The Kier molecular flexibility index (Phi) is 39.0. The number of phenolic OH excluding ortho intramolecular Hbond substituents is 1. The number of likely N-dealkylation sites (tertiary alicyclic amines) is 2. The largest absolute Gasteiger partial charge is 0.508 e. The van der Waals surface area contributed by atoms with Crippen molar-refractivity contribution in [3.8, 4) is 5.75 Å². The molecule has 0 saturated carbocycles. The molecule has 17 N–H and O–H groups in total. The van der Waals surface area contributed by atoms with Crippen molar-refractivity contribution in [1.29, 1.82) is 0 Å². The van der Waals surface area contributed by atoms with Gasteiger partial charge in [-0.05, 0) is 298 Å². The average molecular weight is 1880 g/mol. The van der Waals surface area contributed by atoms with Gasteiger partial charge in [0.1, 0.15) is 5.75 Å². The molecule has 138 heavy (non-hydrogen) atoms.